The topological polar surface area (TPSA) is 125 Å². The molecule has 1 amide bonds. The number of nitrogens with zero attached hydrogens (tertiary/aromatic N) is 1. The quantitative estimate of drug-likeness (QED) is 0.301. The minimum atomic E-state index is -0.846. The van der Waals surface area contributed by atoms with E-state index < -0.39 is 35.4 Å². The minimum absolute atomic E-state index is 0.157. The predicted molar refractivity (Wildman–Crippen MR) is 96.5 cm³/mol. The maximum Gasteiger partial charge on any atom is 0.331 e. The average Bonchev–Trinajstić information content (AvgIpc) is 2.67. The lowest BCUT2D eigenvalue weighted by atomic mass is 9.99. The molecule has 0 aromatic heterocycles. The van der Waals surface area contributed by atoms with Gasteiger partial charge in [0.05, 0.1) is 17.6 Å². The van der Waals surface area contributed by atoms with Crippen molar-refractivity contribution in [3.63, 3.8) is 0 Å². The van der Waals surface area contributed by atoms with E-state index in [0.29, 0.717) is 6.42 Å². The summed E-state index contributed by atoms with van der Waals surface area (Å²) in [6.07, 6.45) is 2.86. The zero-order valence-electron chi connectivity index (χ0n) is 15.3. The third kappa shape index (κ3) is 6.89. The van der Waals surface area contributed by atoms with Crippen molar-refractivity contribution in [2.75, 3.05) is 13.7 Å². The van der Waals surface area contributed by atoms with Gasteiger partial charge in [-0.05, 0) is 18.1 Å². The molecule has 9 nitrogen and oxygen atoms in total. The molecule has 0 bridgehead atoms. The predicted octanol–water partition coefficient (Wildman–Crippen LogP) is 1.86. The van der Waals surface area contributed by atoms with Crippen LogP contribution in [0.2, 0.25) is 0 Å². The van der Waals surface area contributed by atoms with Crippen LogP contribution in [-0.4, -0.2) is 42.5 Å². The maximum absolute atomic E-state index is 11.9. The summed E-state index contributed by atoms with van der Waals surface area (Å²) in [6, 6.07) is 5.04. The Morgan fingerprint density at radius 3 is 2.56 bits per heavy atom. The van der Waals surface area contributed by atoms with Gasteiger partial charge in [-0.1, -0.05) is 32.4 Å². The van der Waals surface area contributed by atoms with Crippen LogP contribution in [0.5, 0.6) is 0 Å². The van der Waals surface area contributed by atoms with Crippen LogP contribution in [0.3, 0.4) is 0 Å². The molecule has 1 aromatic rings. The molecule has 27 heavy (non-hydrogen) atoms. The molecule has 1 aromatic carbocycles. The SMILES string of the molecule is CC[C@H](C)[C@H](NC(=O)COC(=O)/C=C/c1ccccc1[N+](=O)[O-])C(=O)OC. The largest absolute Gasteiger partial charge is 0.467 e. The molecule has 0 aliphatic heterocycles. The highest BCUT2D eigenvalue weighted by molar-refractivity contribution is 5.91. The number of esters is 2. The molecule has 1 N–H and O–H groups in total. The van der Waals surface area contributed by atoms with Gasteiger partial charge in [0.2, 0.25) is 0 Å². The second-order valence-electron chi connectivity index (χ2n) is 5.71. The molecule has 0 aliphatic carbocycles. The van der Waals surface area contributed by atoms with Crippen molar-refractivity contribution in [1.29, 1.82) is 0 Å². The van der Waals surface area contributed by atoms with Gasteiger partial charge in [-0.2, -0.15) is 0 Å². The second-order valence-corrected chi connectivity index (χ2v) is 5.71. The summed E-state index contributed by atoms with van der Waals surface area (Å²) in [5, 5.41) is 13.4. The Labute approximate surface area is 156 Å². The van der Waals surface area contributed by atoms with Crippen molar-refractivity contribution in [2.24, 2.45) is 5.92 Å². The van der Waals surface area contributed by atoms with Crippen LogP contribution in [0, 0.1) is 16.0 Å². The number of rotatable bonds is 9. The number of nitro groups is 1. The molecule has 1 rings (SSSR count). The van der Waals surface area contributed by atoms with Gasteiger partial charge in [-0.15, -0.1) is 0 Å². The number of nitro benzene ring substituents is 1. The van der Waals surface area contributed by atoms with Gasteiger partial charge >= 0.3 is 11.9 Å². The molecular weight excluding hydrogens is 356 g/mol. The summed E-state index contributed by atoms with van der Waals surface area (Å²) >= 11 is 0. The Bertz CT molecular complexity index is 730. The van der Waals surface area contributed by atoms with Crippen LogP contribution in [0.1, 0.15) is 25.8 Å². The number of carbonyl (C=O) groups excluding carboxylic acids is 3. The van der Waals surface area contributed by atoms with Crippen LogP contribution in [0.25, 0.3) is 6.08 Å². The average molecular weight is 378 g/mol. The second kappa shape index (κ2) is 10.7. The molecule has 0 saturated carbocycles. The molecule has 9 heteroatoms. The van der Waals surface area contributed by atoms with E-state index >= 15 is 0 Å². The first-order chi connectivity index (χ1) is 12.8. The van der Waals surface area contributed by atoms with Gasteiger partial charge in [0, 0.05) is 12.1 Å². The first-order valence-electron chi connectivity index (χ1n) is 8.25. The fraction of sp³-hybridized carbons (Fsp3) is 0.389. The summed E-state index contributed by atoms with van der Waals surface area (Å²) in [7, 11) is 1.22. The molecule has 0 heterocycles. The van der Waals surface area contributed by atoms with E-state index in [4.69, 9.17) is 4.74 Å². The molecule has 2 atom stereocenters. The number of carbonyl (C=O) groups is 3. The highest BCUT2D eigenvalue weighted by atomic mass is 16.6. The van der Waals surface area contributed by atoms with E-state index in [1.807, 2.05) is 6.92 Å². The van der Waals surface area contributed by atoms with Crippen LogP contribution in [0.15, 0.2) is 30.3 Å². The van der Waals surface area contributed by atoms with Gasteiger partial charge in [-0.3, -0.25) is 14.9 Å². The van der Waals surface area contributed by atoms with Crippen molar-refractivity contribution in [3.8, 4) is 0 Å². The van der Waals surface area contributed by atoms with Gasteiger partial charge in [0.1, 0.15) is 6.04 Å². The normalized spacial score (nSPS) is 12.9. The standard InChI is InChI=1S/C18H22N2O7/c1-4-12(2)17(18(23)26-3)19-15(21)11-27-16(22)10-9-13-7-5-6-8-14(13)20(24)25/h5-10,12,17H,4,11H2,1-3H3,(H,19,21)/b10-9+/t12-,17-/m0/s1. The van der Waals surface area contributed by atoms with E-state index in [1.54, 1.807) is 13.0 Å². The molecule has 0 spiro atoms. The lowest BCUT2D eigenvalue weighted by Gasteiger charge is -2.21. The lowest BCUT2D eigenvalue weighted by molar-refractivity contribution is -0.385. The maximum atomic E-state index is 11.9. The lowest BCUT2D eigenvalue weighted by Crippen LogP contribution is -2.47. The molecule has 146 valence electrons. The van der Waals surface area contributed by atoms with Gasteiger partial charge in [0.15, 0.2) is 6.61 Å². The number of amides is 1. The Morgan fingerprint density at radius 2 is 1.96 bits per heavy atom. The van der Waals surface area contributed by atoms with Crippen LogP contribution in [-0.2, 0) is 23.9 Å². The van der Waals surface area contributed by atoms with Gasteiger partial charge in [-0.25, -0.2) is 9.59 Å². The third-order valence-electron chi connectivity index (χ3n) is 3.86. The summed E-state index contributed by atoms with van der Waals surface area (Å²) in [5.41, 5.74) is 0.0696. The summed E-state index contributed by atoms with van der Waals surface area (Å²) in [5.74, 6) is -2.24. The highest BCUT2D eigenvalue weighted by Crippen LogP contribution is 2.18. The van der Waals surface area contributed by atoms with Gasteiger partial charge < -0.3 is 14.8 Å². The Balaban J connectivity index is 2.62. The van der Waals surface area contributed by atoms with Gasteiger partial charge in [0.25, 0.3) is 11.6 Å². The van der Waals surface area contributed by atoms with Crippen molar-refractivity contribution >= 4 is 29.6 Å². The van der Waals surface area contributed by atoms with Crippen molar-refractivity contribution < 1.29 is 28.8 Å². The van der Waals surface area contributed by atoms with Crippen molar-refractivity contribution in [1.82, 2.24) is 5.32 Å². The molecule has 0 unspecified atom stereocenters. The van der Waals surface area contributed by atoms with E-state index in [1.165, 1.54) is 31.4 Å². The van der Waals surface area contributed by atoms with E-state index in [0.717, 1.165) is 6.08 Å². The Hall–Kier alpha value is -3.23. The molecular formula is C18H22N2O7. The van der Waals surface area contributed by atoms with Crippen LogP contribution < -0.4 is 5.32 Å². The number of nitrogens with one attached hydrogen (secondary N) is 1. The highest BCUT2D eigenvalue weighted by Gasteiger charge is 2.26. The van der Waals surface area contributed by atoms with E-state index in [2.05, 4.69) is 10.1 Å². The first kappa shape index (κ1) is 21.8. The number of hydrogen-bond donors (Lipinski definition) is 1. The first-order valence-corrected chi connectivity index (χ1v) is 8.25. The van der Waals surface area contributed by atoms with Crippen molar-refractivity contribution in [3.05, 3.63) is 46.0 Å². The number of methoxy groups -OCH3 is 1. The zero-order chi connectivity index (χ0) is 20.4. The van der Waals surface area contributed by atoms with Crippen LogP contribution in [0.4, 0.5) is 5.69 Å². The number of para-hydroxylation sites is 1. The Kier molecular flexibility index (Phi) is 8.64. The number of hydrogen-bond acceptors (Lipinski definition) is 7. The van der Waals surface area contributed by atoms with E-state index in [9.17, 15) is 24.5 Å². The summed E-state index contributed by atoms with van der Waals surface area (Å²) < 4.78 is 9.45. The monoisotopic (exact) mass is 378 g/mol. The fourth-order valence-corrected chi connectivity index (χ4v) is 2.15. The summed E-state index contributed by atoms with van der Waals surface area (Å²) in [6.45, 7) is 3.05. The fourth-order valence-electron chi connectivity index (χ4n) is 2.15. The number of ether oxygens (including phenoxy) is 2. The molecule has 0 aliphatic rings. The smallest absolute Gasteiger partial charge is 0.331 e. The zero-order valence-corrected chi connectivity index (χ0v) is 15.3. The Morgan fingerprint density at radius 1 is 1.30 bits per heavy atom. The van der Waals surface area contributed by atoms with Crippen molar-refractivity contribution in [2.45, 2.75) is 26.3 Å². The third-order valence-corrected chi connectivity index (χ3v) is 3.86. The summed E-state index contributed by atoms with van der Waals surface area (Å²) in [4.78, 5) is 45.7. The molecule has 0 saturated heterocycles. The molecule has 0 fully saturated rings. The van der Waals surface area contributed by atoms with Crippen LogP contribution >= 0.6 is 0 Å². The molecule has 0 radical (unpaired) electrons. The minimum Gasteiger partial charge on any atom is -0.467 e. The number of benzene rings is 1. The van der Waals surface area contributed by atoms with E-state index in [-0.39, 0.29) is 17.2 Å².